The second kappa shape index (κ2) is 11.1. The molecule has 9 heteroatoms. The van der Waals surface area contributed by atoms with Gasteiger partial charge in [-0.2, -0.15) is 0 Å². The first-order valence-corrected chi connectivity index (χ1v) is 14.8. The van der Waals surface area contributed by atoms with Crippen LogP contribution in [0.3, 0.4) is 0 Å². The maximum atomic E-state index is 13.9. The minimum atomic E-state index is -0.397. The van der Waals surface area contributed by atoms with Crippen molar-refractivity contribution in [3.05, 3.63) is 73.5 Å². The van der Waals surface area contributed by atoms with E-state index in [4.69, 9.17) is 4.74 Å². The topological polar surface area (TPSA) is 88.9 Å². The Morgan fingerprint density at radius 1 is 1.13 bits per heavy atom. The molecular weight excluding hydrogens is 496 g/mol. The first kappa shape index (κ1) is 25.4. The van der Waals surface area contributed by atoms with Gasteiger partial charge >= 0.3 is 0 Å². The summed E-state index contributed by atoms with van der Waals surface area (Å²) in [5.41, 5.74) is 3.70. The van der Waals surface area contributed by atoms with Crippen molar-refractivity contribution in [1.82, 2.24) is 30.1 Å². The van der Waals surface area contributed by atoms with E-state index in [9.17, 15) is 4.79 Å². The third-order valence-electron chi connectivity index (χ3n) is 8.22. The summed E-state index contributed by atoms with van der Waals surface area (Å²) in [5.74, 6) is 0.751. The number of hydrogen-bond donors (Lipinski definition) is 1. The molecule has 4 aromatic rings. The van der Waals surface area contributed by atoms with Crippen LogP contribution in [0.1, 0.15) is 84.4 Å². The predicted octanol–water partition coefficient (Wildman–Crippen LogP) is 5.47. The summed E-state index contributed by atoms with van der Waals surface area (Å²) < 4.78 is 8.13. The summed E-state index contributed by atoms with van der Waals surface area (Å²) in [6, 6.07) is 10.4. The highest BCUT2D eigenvalue weighted by Crippen LogP contribution is 2.35. The van der Waals surface area contributed by atoms with Gasteiger partial charge in [-0.25, -0.2) is 4.68 Å². The Morgan fingerprint density at radius 3 is 2.74 bits per heavy atom. The molecule has 8 nitrogen and oxygen atoms in total. The Morgan fingerprint density at radius 2 is 1.97 bits per heavy atom. The average Bonchev–Trinajstić information content (AvgIpc) is 3.72. The number of nitrogens with one attached hydrogen (secondary N) is 1. The Hall–Kier alpha value is -2.88. The number of aryl methyl sites for hydroxylation is 2. The van der Waals surface area contributed by atoms with Gasteiger partial charge in [0.25, 0.3) is 5.56 Å². The summed E-state index contributed by atoms with van der Waals surface area (Å²) in [6.45, 7) is 6.34. The number of tetrazole rings is 1. The van der Waals surface area contributed by atoms with E-state index in [1.54, 1.807) is 11.3 Å². The molecule has 1 aliphatic carbocycles. The number of aromatic nitrogens is 5. The van der Waals surface area contributed by atoms with Gasteiger partial charge in [0.2, 0.25) is 0 Å². The quantitative estimate of drug-likeness (QED) is 0.324. The lowest BCUT2D eigenvalue weighted by Crippen LogP contribution is -2.39. The van der Waals surface area contributed by atoms with Crippen LogP contribution >= 0.6 is 11.3 Å². The average molecular weight is 533 g/mol. The molecule has 200 valence electrons. The minimum absolute atomic E-state index is 0.0853. The number of rotatable bonds is 8. The van der Waals surface area contributed by atoms with Crippen LogP contribution in [-0.2, 0) is 11.3 Å². The highest BCUT2D eigenvalue weighted by molar-refractivity contribution is 7.09. The maximum Gasteiger partial charge on any atom is 0.253 e. The third-order valence-corrected chi connectivity index (χ3v) is 9.08. The number of aromatic amines is 1. The van der Waals surface area contributed by atoms with Crippen LogP contribution in [0.5, 0.6) is 0 Å². The van der Waals surface area contributed by atoms with Gasteiger partial charge in [0.1, 0.15) is 6.04 Å². The Kier molecular flexibility index (Phi) is 7.41. The number of H-pyrrole nitrogens is 1. The number of fused-ring (bicyclic) bond motifs is 1. The molecule has 2 unspecified atom stereocenters. The minimum Gasteiger partial charge on any atom is -0.377 e. The van der Waals surface area contributed by atoms with Crippen molar-refractivity contribution in [3.8, 4) is 0 Å². The zero-order valence-electron chi connectivity index (χ0n) is 22.2. The molecular formula is C29H36N6O2S. The number of hydrogen-bond acceptors (Lipinski definition) is 7. The molecule has 4 heterocycles. The molecule has 0 bridgehead atoms. The van der Waals surface area contributed by atoms with Gasteiger partial charge in [-0.15, -0.1) is 16.4 Å². The van der Waals surface area contributed by atoms with E-state index in [2.05, 4.69) is 68.0 Å². The van der Waals surface area contributed by atoms with Crippen LogP contribution in [-0.4, -0.2) is 49.3 Å². The monoisotopic (exact) mass is 532 g/mol. The zero-order valence-corrected chi connectivity index (χ0v) is 23.0. The summed E-state index contributed by atoms with van der Waals surface area (Å²) in [5, 5.41) is 16.5. The lowest BCUT2D eigenvalue weighted by molar-refractivity contribution is 0.0571. The van der Waals surface area contributed by atoms with Crippen LogP contribution in [0.15, 0.2) is 40.5 Å². The van der Waals surface area contributed by atoms with Crippen molar-refractivity contribution in [2.75, 3.05) is 13.2 Å². The molecule has 2 atom stereocenters. The Labute approximate surface area is 227 Å². The van der Waals surface area contributed by atoms with Crippen molar-refractivity contribution in [3.63, 3.8) is 0 Å². The standard InChI is InChI=1S/C29H36N6O2S/c1-19-12-13-20(2)26-24(19)16-25(29(36)30-26)27(28-31-32-33-35(28)21-8-4-3-5-9-21)34(17-22-10-6-14-37-22)18-23-11-7-15-38-23/h7,11-13,15-16,21-22,27H,3-6,8-10,14,17-18H2,1-2H3,(H,30,36). The Balaban J connectivity index is 1.52. The molecule has 1 aliphatic heterocycles. The fourth-order valence-corrected chi connectivity index (χ4v) is 6.90. The molecule has 0 spiro atoms. The van der Waals surface area contributed by atoms with E-state index >= 15 is 0 Å². The fraction of sp³-hybridized carbons (Fsp3) is 0.517. The largest absolute Gasteiger partial charge is 0.377 e. The normalized spacial score (nSPS) is 19.5. The van der Waals surface area contributed by atoms with E-state index in [0.717, 1.165) is 60.1 Å². The fourth-order valence-electron chi connectivity index (χ4n) is 6.17. The molecule has 0 radical (unpaired) electrons. The predicted molar refractivity (Wildman–Crippen MR) is 150 cm³/mol. The summed E-state index contributed by atoms with van der Waals surface area (Å²) in [6.07, 6.45) is 7.95. The van der Waals surface area contributed by atoms with E-state index in [0.29, 0.717) is 18.7 Å². The molecule has 1 saturated carbocycles. The molecule has 38 heavy (non-hydrogen) atoms. The van der Waals surface area contributed by atoms with Gasteiger partial charge in [-0.3, -0.25) is 9.69 Å². The van der Waals surface area contributed by atoms with Crippen LogP contribution in [0.2, 0.25) is 0 Å². The zero-order chi connectivity index (χ0) is 26.1. The molecule has 1 aromatic carbocycles. The van der Waals surface area contributed by atoms with Crippen LogP contribution < -0.4 is 5.56 Å². The number of nitrogens with zero attached hydrogens (tertiary/aromatic N) is 5. The molecule has 6 rings (SSSR count). The second-order valence-electron chi connectivity index (χ2n) is 10.9. The van der Waals surface area contributed by atoms with Gasteiger partial charge in [-0.05, 0) is 78.6 Å². The molecule has 2 aliphatic rings. The van der Waals surface area contributed by atoms with Crippen molar-refractivity contribution in [1.29, 1.82) is 0 Å². The van der Waals surface area contributed by atoms with Crippen LogP contribution in [0, 0.1) is 13.8 Å². The van der Waals surface area contributed by atoms with Crippen molar-refractivity contribution in [2.45, 2.75) is 83.5 Å². The highest BCUT2D eigenvalue weighted by Gasteiger charge is 2.35. The molecule has 2 fully saturated rings. The van der Waals surface area contributed by atoms with Crippen LogP contribution in [0.25, 0.3) is 10.9 Å². The molecule has 0 amide bonds. The number of benzene rings is 1. The van der Waals surface area contributed by atoms with E-state index in [-0.39, 0.29) is 17.7 Å². The van der Waals surface area contributed by atoms with Gasteiger partial charge in [0.05, 0.1) is 17.7 Å². The van der Waals surface area contributed by atoms with E-state index < -0.39 is 6.04 Å². The smallest absolute Gasteiger partial charge is 0.253 e. The molecule has 1 saturated heterocycles. The Bertz CT molecular complexity index is 1430. The SMILES string of the molecule is Cc1ccc(C)c2[nH]c(=O)c(C(c3nnnn3C3CCCCC3)N(Cc3cccs3)CC3CCCO3)cc12. The summed E-state index contributed by atoms with van der Waals surface area (Å²) in [4.78, 5) is 20.7. The molecule has 1 N–H and O–H groups in total. The van der Waals surface area contributed by atoms with Gasteiger partial charge in [0.15, 0.2) is 5.82 Å². The highest BCUT2D eigenvalue weighted by atomic mass is 32.1. The third kappa shape index (κ3) is 5.07. The first-order chi connectivity index (χ1) is 18.6. The van der Waals surface area contributed by atoms with Crippen molar-refractivity contribution < 1.29 is 4.74 Å². The number of ether oxygens (including phenoxy) is 1. The molecule has 3 aromatic heterocycles. The number of pyridine rings is 1. The number of thiophene rings is 1. The van der Waals surface area contributed by atoms with Gasteiger partial charge in [0, 0.05) is 35.5 Å². The van der Waals surface area contributed by atoms with Gasteiger partial charge < -0.3 is 9.72 Å². The van der Waals surface area contributed by atoms with E-state index in [1.165, 1.54) is 24.1 Å². The van der Waals surface area contributed by atoms with Crippen LogP contribution in [0.4, 0.5) is 0 Å². The van der Waals surface area contributed by atoms with Gasteiger partial charge in [-0.1, -0.05) is 37.5 Å². The van der Waals surface area contributed by atoms with E-state index in [1.807, 2.05) is 11.6 Å². The second-order valence-corrected chi connectivity index (χ2v) is 11.9. The van der Waals surface area contributed by atoms with Crippen molar-refractivity contribution in [2.24, 2.45) is 0 Å². The summed E-state index contributed by atoms with van der Waals surface area (Å²) >= 11 is 1.74. The first-order valence-electron chi connectivity index (χ1n) is 13.9. The summed E-state index contributed by atoms with van der Waals surface area (Å²) in [7, 11) is 0. The lowest BCUT2D eigenvalue weighted by Gasteiger charge is -2.33. The van der Waals surface area contributed by atoms with Crippen molar-refractivity contribution >= 4 is 22.2 Å². The lowest BCUT2D eigenvalue weighted by atomic mass is 9.94. The maximum absolute atomic E-state index is 13.9.